The van der Waals surface area contributed by atoms with E-state index >= 15 is 0 Å². The summed E-state index contributed by atoms with van der Waals surface area (Å²) in [5, 5.41) is 16.3. The summed E-state index contributed by atoms with van der Waals surface area (Å²) in [7, 11) is 0. The molecule has 1 fully saturated rings. The summed E-state index contributed by atoms with van der Waals surface area (Å²) in [5.41, 5.74) is 3.10. The molecule has 1 atom stereocenters. The number of aliphatic hydroxyl groups excluding tert-OH is 1. The van der Waals surface area contributed by atoms with Gasteiger partial charge < -0.3 is 25.4 Å². The number of benzene rings is 1. The third-order valence-corrected chi connectivity index (χ3v) is 6.47. The molecule has 0 saturated carbocycles. The number of morpholine rings is 1. The summed E-state index contributed by atoms with van der Waals surface area (Å²) in [4.78, 5) is 29.5. The van der Waals surface area contributed by atoms with E-state index in [1.54, 1.807) is 4.40 Å². The fraction of sp³-hybridized carbons (Fsp3) is 0.357. The summed E-state index contributed by atoms with van der Waals surface area (Å²) >= 11 is 0. The molecule has 1 unspecified atom stereocenters. The Morgan fingerprint density at radius 1 is 1.11 bits per heavy atom. The monoisotopic (exact) mass is 515 g/mol. The summed E-state index contributed by atoms with van der Waals surface area (Å²) in [5.74, 6) is 1.49. The normalized spacial score (nSPS) is 14.6. The number of pyridine rings is 1. The number of nitrogens with one attached hydrogen (secondary N) is 2. The number of aromatic nitrogens is 4. The number of amides is 1. The van der Waals surface area contributed by atoms with Crippen molar-refractivity contribution < 1.29 is 14.6 Å². The Morgan fingerprint density at radius 2 is 1.89 bits per heavy atom. The molecule has 0 bridgehead atoms. The van der Waals surface area contributed by atoms with Gasteiger partial charge in [-0.3, -0.25) is 9.20 Å². The van der Waals surface area contributed by atoms with Crippen LogP contribution in [0, 0.1) is 5.92 Å². The molecule has 0 spiro atoms. The number of imidazole rings is 1. The van der Waals surface area contributed by atoms with Crippen molar-refractivity contribution in [1.82, 2.24) is 24.7 Å². The molecule has 3 aromatic heterocycles. The molecule has 4 aromatic rings. The molecular formula is C28H33N7O3. The Balaban J connectivity index is 1.52. The molecule has 0 radical (unpaired) electrons. The lowest BCUT2D eigenvalue weighted by molar-refractivity contribution is 0.0903. The van der Waals surface area contributed by atoms with Gasteiger partial charge in [-0.15, -0.1) is 0 Å². The van der Waals surface area contributed by atoms with Crippen molar-refractivity contribution in [3.8, 4) is 11.3 Å². The zero-order valence-electron chi connectivity index (χ0n) is 21.7. The number of fused-ring (bicyclic) bond motifs is 1. The lowest BCUT2D eigenvalue weighted by Gasteiger charge is -2.27. The highest BCUT2D eigenvalue weighted by Gasteiger charge is 2.24. The maximum Gasteiger partial charge on any atom is 0.270 e. The van der Waals surface area contributed by atoms with Crippen LogP contribution in [0.2, 0.25) is 0 Å². The lowest BCUT2D eigenvalue weighted by Crippen LogP contribution is -2.39. The second-order valence-corrected chi connectivity index (χ2v) is 9.76. The van der Waals surface area contributed by atoms with Crippen molar-refractivity contribution in [2.45, 2.75) is 26.3 Å². The largest absolute Gasteiger partial charge is 0.394 e. The third-order valence-electron chi connectivity index (χ3n) is 6.47. The van der Waals surface area contributed by atoms with Gasteiger partial charge in [0, 0.05) is 30.9 Å². The molecule has 1 aromatic carbocycles. The van der Waals surface area contributed by atoms with E-state index in [-0.39, 0.29) is 18.6 Å². The second kappa shape index (κ2) is 11.6. The van der Waals surface area contributed by atoms with E-state index in [9.17, 15) is 9.90 Å². The minimum absolute atomic E-state index is 0.132. The van der Waals surface area contributed by atoms with E-state index in [2.05, 4.69) is 39.3 Å². The SMILES string of the molecule is CC(C)CC(CO)NC(=O)c1c(-c2ccccc2)nc2c(Nc3cc(N4CCOCC4)ncn3)cccn12. The van der Waals surface area contributed by atoms with Crippen LogP contribution in [0.3, 0.4) is 0 Å². The summed E-state index contributed by atoms with van der Waals surface area (Å²) < 4.78 is 7.24. The van der Waals surface area contributed by atoms with E-state index in [0.717, 1.165) is 24.5 Å². The van der Waals surface area contributed by atoms with Gasteiger partial charge in [0.1, 0.15) is 29.4 Å². The molecule has 1 aliphatic heterocycles. The molecule has 1 saturated heterocycles. The molecule has 0 aliphatic carbocycles. The zero-order valence-corrected chi connectivity index (χ0v) is 21.7. The van der Waals surface area contributed by atoms with Gasteiger partial charge in [-0.1, -0.05) is 44.2 Å². The van der Waals surface area contributed by atoms with Gasteiger partial charge in [0.25, 0.3) is 5.91 Å². The lowest BCUT2D eigenvalue weighted by atomic mass is 10.0. The van der Waals surface area contributed by atoms with Gasteiger partial charge in [0.05, 0.1) is 31.5 Å². The van der Waals surface area contributed by atoms with Gasteiger partial charge >= 0.3 is 0 Å². The third kappa shape index (κ3) is 5.61. The van der Waals surface area contributed by atoms with Gasteiger partial charge in [0.2, 0.25) is 0 Å². The van der Waals surface area contributed by atoms with E-state index in [1.165, 1.54) is 6.33 Å². The molecule has 10 nitrogen and oxygen atoms in total. The van der Waals surface area contributed by atoms with Crippen LogP contribution in [0.15, 0.2) is 61.1 Å². The number of hydrogen-bond donors (Lipinski definition) is 3. The van der Waals surface area contributed by atoms with Gasteiger partial charge in [-0.2, -0.15) is 0 Å². The highest BCUT2D eigenvalue weighted by molar-refractivity contribution is 6.00. The van der Waals surface area contributed by atoms with Crippen LogP contribution in [0.25, 0.3) is 16.9 Å². The Labute approximate surface area is 221 Å². The number of carbonyl (C=O) groups is 1. The predicted molar refractivity (Wildman–Crippen MR) is 147 cm³/mol. The summed E-state index contributed by atoms with van der Waals surface area (Å²) in [6, 6.07) is 15.0. The quantitative estimate of drug-likeness (QED) is 0.310. The highest BCUT2D eigenvalue weighted by atomic mass is 16.5. The average Bonchev–Trinajstić information content (AvgIpc) is 3.34. The molecule has 1 aliphatic rings. The van der Waals surface area contributed by atoms with Gasteiger partial charge in [-0.05, 0) is 24.5 Å². The average molecular weight is 516 g/mol. The minimum atomic E-state index is -0.349. The van der Waals surface area contributed by atoms with Crippen LogP contribution in [0.5, 0.6) is 0 Å². The first-order valence-corrected chi connectivity index (χ1v) is 12.9. The van der Waals surface area contributed by atoms with Crippen LogP contribution in [-0.2, 0) is 4.74 Å². The van der Waals surface area contributed by atoms with Crippen molar-refractivity contribution in [3.63, 3.8) is 0 Å². The van der Waals surface area contributed by atoms with Crippen molar-refractivity contribution in [2.24, 2.45) is 5.92 Å². The van der Waals surface area contributed by atoms with Crippen molar-refractivity contribution in [2.75, 3.05) is 43.1 Å². The van der Waals surface area contributed by atoms with E-state index in [0.29, 0.717) is 54.1 Å². The Kier molecular flexibility index (Phi) is 7.81. The number of anilines is 3. The second-order valence-electron chi connectivity index (χ2n) is 9.76. The van der Waals surface area contributed by atoms with E-state index in [4.69, 9.17) is 9.72 Å². The van der Waals surface area contributed by atoms with E-state index < -0.39 is 0 Å². The van der Waals surface area contributed by atoms with Crippen molar-refractivity contribution in [3.05, 3.63) is 66.7 Å². The minimum Gasteiger partial charge on any atom is -0.394 e. The number of ether oxygens (including phenoxy) is 1. The smallest absolute Gasteiger partial charge is 0.270 e. The zero-order chi connectivity index (χ0) is 26.5. The predicted octanol–water partition coefficient (Wildman–Crippen LogP) is 3.51. The topological polar surface area (TPSA) is 117 Å². The molecule has 10 heteroatoms. The van der Waals surface area contributed by atoms with E-state index in [1.807, 2.05) is 54.7 Å². The molecule has 3 N–H and O–H groups in total. The van der Waals surface area contributed by atoms with Crippen molar-refractivity contribution in [1.29, 1.82) is 0 Å². The summed E-state index contributed by atoms with van der Waals surface area (Å²) in [6.07, 6.45) is 4.03. The first-order chi connectivity index (χ1) is 18.5. The number of carbonyl (C=O) groups excluding carboxylic acids is 1. The highest BCUT2D eigenvalue weighted by Crippen LogP contribution is 2.29. The van der Waals surface area contributed by atoms with Crippen LogP contribution < -0.4 is 15.5 Å². The van der Waals surface area contributed by atoms with Crippen LogP contribution in [0.4, 0.5) is 17.3 Å². The number of nitrogens with zero attached hydrogens (tertiary/aromatic N) is 5. The Bertz CT molecular complexity index is 1380. The first-order valence-electron chi connectivity index (χ1n) is 12.9. The van der Waals surface area contributed by atoms with Crippen LogP contribution in [0.1, 0.15) is 30.8 Å². The maximum atomic E-state index is 13.6. The summed E-state index contributed by atoms with van der Waals surface area (Å²) in [6.45, 7) is 6.88. The van der Waals surface area contributed by atoms with Gasteiger partial charge in [-0.25, -0.2) is 15.0 Å². The van der Waals surface area contributed by atoms with Gasteiger partial charge in [0.15, 0.2) is 5.65 Å². The molecule has 38 heavy (non-hydrogen) atoms. The number of hydrogen-bond acceptors (Lipinski definition) is 8. The maximum absolute atomic E-state index is 13.6. The number of rotatable bonds is 9. The fourth-order valence-electron chi connectivity index (χ4n) is 4.70. The molecule has 198 valence electrons. The Morgan fingerprint density at radius 3 is 2.63 bits per heavy atom. The molecule has 4 heterocycles. The first kappa shape index (κ1) is 25.6. The van der Waals surface area contributed by atoms with Crippen LogP contribution in [-0.4, -0.2) is 69.3 Å². The fourth-order valence-corrected chi connectivity index (χ4v) is 4.70. The number of aliphatic hydroxyl groups is 1. The molecule has 1 amide bonds. The molecular weight excluding hydrogens is 482 g/mol. The van der Waals surface area contributed by atoms with Crippen molar-refractivity contribution >= 4 is 28.9 Å². The standard InChI is InChI=1S/C28H33N7O3/c1-19(2)15-21(17-36)31-28(37)26-25(20-7-4-3-5-8-20)33-27-22(9-6-10-35(26)27)32-23-16-24(30-18-29-23)34-11-13-38-14-12-34/h3-10,16,18-19,21,36H,11-15,17H2,1-2H3,(H,31,37)(H,29,30,32). The van der Waals surface area contributed by atoms with Crippen LogP contribution >= 0.6 is 0 Å². The Hall–Kier alpha value is -4.02. The molecule has 5 rings (SSSR count).